The zero-order valence-corrected chi connectivity index (χ0v) is 17.0. The molecule has 6 heteroatoms. The zero-order chi connectivity index (χ0) is 21.1. The van der Waals surface area contributed by atoms with Crippen molar-refractivity contribution in [1.82, 2.24) is 14.9 Å². The van der Waals surface area contributed by atoms with Gasteiger partial charge >= 0.3 is 0 Å². The van der Waals surface area contributed by atoms with Gasteiger partial charge in [-0.1, -0.05) is 30.3 Å². The van der Waals surface area contributed by atoms with E-state index in [0.29, 0.717) is 35.3 Å². The molecule has 1 N–H and O–H groups in total. The highest BCUT2D eigenvalue weighted by Gasteiger charge is 2.15. The number of carbonyl (C=O) groups excluding carboxylic acids is 1. The molecule has 1 atom stereocenters. The fraction of sp³-hybridized carbons (Fsp3) is 0.208. The number of furan rings is 1. The Morgan fingerprint density at radius 3 is 2.67 bits per heavy atom. The van der Waals surface area contributed by atoms with Crippen molar-refractivity contribution < 1.29 is 9.21 Å². The average molecular weight is 401 g/mol. The van der Waals surface area contributed by atoms with Gasteiger partial charge < -0.3 is 14.3 Å². The first-order valence-corrected chi connectivity index (χ1v) is 9.89. The van der Waals surface area contributed by atoms with Crippen molar-refractivity contribution in [3.63, 3.8) is 0 Å². The lowest BCUT2D eigenvalue weighted by molar-refractivity contribution is 0.0939. The molecule has 4 aromatic rings. The van der Waals surface area contributed by atoms with Crippen LogP contribution < -0.4 is 10.9 Å². The molecule has 0 bridgehead atoms. The normalized spacial score (nSPS) is 12.1. The second kappa shape index (κ2) is 8.37. The van der Waals surface area contributed by atoms with Gasteiger partial charge in [0.15, 0.2) is 0 Å². The van der Waals surface area contributed by atoms with Crippen molar-refractivity contribution in [2.75, 3.05) is 0 Å². The van der Waals surface area contributed by atoms with Gasteiger partial charge in [0.25, 0.3) is 11.5 Å². The first kappa shape index (κ1) is 19.6. The van der Waals surface area contributed by atoms with Crippen LogP contribution in [0.3, 0.4) is 0 Å². The number of hydrogen-bond donors (Lipinski definition) is 1. The predicted molar refractivity (Wildman–Crippen MR) is 116 cm³/mol. The molecular weight excluding hydrogens is 378 g/mol. The first-order chi connectivity index (χ1) is 14.5. The van der Waals surface area contributed by atoms with Crippen LogP contribution in [0, 0.1) is 6.92 Å². The lowest BCUT2D eigenvalue weighted by atomic mass is 10.1. The number of fused-ring (bicyclic) bond motifs is 1. The monoisotopic (exact) mass is 401 g/mol. The summed E-state index contributed by atoms with van der Waals surface area (Å²) >= 11 is 0. The Morgan fingerprint density at radius 2 is 1.93 bits per heavy atom. The van der Waals surface area contributed by atoms with Crippen molar-refractivity contribution in [2.45, 2.75) is 32.9 Å². The number of aryl methyl sites for hydroxylation is 1. The fourth-order valence-corrected chi connectivity index (χ4v) is 3.53. The van der Waals surface area contributed by atoms with E-state index in [-0.39, 0.29) is 17.5 Å². The highest BCUT2D eigenvalue weighted by atomic mass is 16.3. The maximum Gasteiger partial charge on any atom is 0.272 e. The first-order valence-electron chi connectivity index (χ1n) is 9.89. The summed E-state index contributed by atoms with van der Waals surface area (Å²) in [7, 11) is 0. The van der Waals surface area contributed by atoms with Gasteiger partial charge in [0.2, 0.25) is 0 Å². The number of amides is 1. The van der Waals surface area contributed by atoms with Gasteiger partial charge in [-0.25, -0.2) is 4.98 Å². The van der Waals surface area contributed by atoms with Crippen molar-refractivity contribution in [1.29, 1.82) is 0 Å². The molecule has 2 aromatic heterocycles. The van der Waals surface area contributed by atoms with Crippen molar-refractivity contribution in [2.24, 2.45) is 0 Å². The summed E-state index contributed by atoms with van der Waals surface area (Å²) in [6, 6.07) is 18.7. The third kappa shape index (κ3) is 4.17. The van der Waals surface area contributed by atoms with Gasteiger partial charge in [-0.2, -0.15) is 0 Å². The Bertz CT molecular complexity index is 1230. The van der Waals surface area contributed by atoms with Gasteiger partial charge in [0, 0.05) is 18.0 Å². The number of carbonyl (C=O) groups is 1. The summed E-state index contributed by atoms with van der Waals surface area (Å²) in [6.07, 6.45) is 2.23. The van der Waals surface area contributed by atoms with E-state index >= 15 is 0 Å². The molecule has 1 amide bonds. The Labute approximate surface area is 174 Å². The van der Waals surface area contributed by atoms with Crippen LogP contribution in [0.1, 0.15) is 34.3 Å². The third-order valence-corrected chi connectivity index (χ3v) is 5.02. The van der Waals surface area contributed by atoms with Crippen LogP contribution in [-0.2, 0) is 13.0 Å². The predicted octanol–water partition coefficient (Wildman–Crippen LogP) is 3.71. The molecule has 0 saturated heterocycles. The van der Waals surface area contributed by atoms with Crippen LogP contribution in [0.5, 0.6) is 0 Å². The molecule has 0 radical (unpaired) electrons. The summed E-state index contributed by atoms with van der Waals surface area (Å²) < 4.78 is 7.04. The summed E-state index contributed by atoms with van der Waals surface area (Å²) in [6.45, 7) is 4.08. The van der Waals surface area contributed by atoms with Gasteiger partial charge in [-0.3, -0.25) is 9.59 Å². The lowest BCUT2D eigenvalue weighted by Crippen LogP contribution is -2.34. The van der Waals surface area contributed by atoms with E-state index in [4.69, 9.17) is 4.42 Å². The number of rotatable bonds is 6. The van der Waals surface area contributed by atoms with Gasteiger partial charge in [0.05, 0.1) is 23.8 Å². The maximum atomic E-state index is 12.7. The van der Waals surface area contributed by atoms with E-state index in [0.717, 1.165) is 11.3 Å². The quantitative estimate of drug-likeness (QED) is 0.534. The average Bonchev–Trinajstić information content (AvgIpc) is 3.24. The highest BCUT2D eigenvalue weighted by molar-refractivity contribution is 5.97. The largest absolute Gasteiger partial charge is 0.469 e. The van der Waals surface area contributed by atoms with Crippen LogP contribution >= 0.6 is 0 Å². The molecule has 0 aliphatic heterocycles. The molecule has 0 aliphatic carbocycles. The lowest BCUT2D eigenvalue weighted by Gasteiger charge is -2.14. The number of nitrogens with one attached hydrogen (secondary N) is 1. The minimum Gasteiger partial charge on any atom is -0.469 e. The van der Waals surface area contributed by atoms with E-state index in [9.17, 15) is 9.59 Å². The molecule has 0 spiro atoms. The van der Waals surface area contributed by atoms with E-state index in [1.54, 1.807) is 36.0 Å². The molecule has 1 unspecified atom stereocenters. The molecule has 2 heterocycles. The Morgan fingerprint density at radius 1 is 1.13 bits per heavy atom. The zero-order valence-electron chi connectivity index (χ0n) is 17.0. The molecule has 4 rings (SSSR count). The second-order valence-electron chi connectivity index (χ2n) is 7.44. The van der Waals surface area contributed by atoms with E-state index in [2.05, 4.69) is 10.3 Å². The fourth-order valence-electron chi connectivity index (χ4n) is 3.53. The van der Waals surface area contributed by atoms with Crippen LogP contribution in [0.15, 0.2) is 76.1 Å². The molecule has 152 valence electrons. The number of aromatic nitrogens is 2. The third-order valence-electron chi connectivity index (χ3n) is 5.02. The summed E-state index contributed by atoms with van der Waals surface area (Å²) in [5, 5.41) is 2.98. The molecular formula is C24H23N3O3. The standard InChI is InChI=1S/C24H23N3O3/c1-16(13-20-9-6-12-30-20)25-23(28)19-10-11-22-21(14-19)26-17(2)24(29)27(22)15-18-7-4-3-5-8-18/h3-12,14,16H,13,15H2,1-2H3,(H,25,28). The van der Waals surface area contributed by atoms with Gasteiger partial charge in [0.1, 0.15) is 11.5 Å². The minimum atomic E-state index is -0.184. The maximum absolute atomic E-state index is 12.7. The molecule has 0 fully saturated rings. The van der Waals surface area contributed by atoms with E-state index in [1.807, 2.05) is 49.4 Å². The highest BCUT2D eigenvalue weighted by Crippen LogP contribution is 2.15. The van der Waals surface area contributed by atoms with Crippen molar-refractivity contribution in [3.8, 4) is 0 Å². The van der Waals surface area contributed by atoms with E-state index < -0.39 is 0 Å². The van der Waals surface area contributed by atoms with Gasteiger partial charge in [-0.05, 0) is 49.7 Å². The van der Waals surface area contributed by atoms with Crippen LogP contribution in [-0.4, -0.2) is 21.5 Å². The summed E-state index contributed by atoms with van der Waals surface area (Å²) in [5.41, 5.74) is 3.13. The van der Waals surface area contributed by atoms with Crippen molar-refractivity contribution >= 4 is 16.9 Å². The molecule has 0 aliphatic rings. The van der Waals surface area contributed by atoms with Crippen LogP contribution in [0.4, 0.5) is 0 Å². The molecule has 30 heavy (non-hydrogen) atoms. The number of hydrogen-bond acceptors (Lipinski definition) is 4. The molecule has 6 nitrogen and oxygen atoms in total. The second-order valence-corrected chi connectivity index (χ2v) is 7.44. The topological polar surface area (TPSA) is 77.1 Å². The SMILES string of the molecule is Cc1nc2cc(C(=O)NC(C)Cc3ccco3)ccc2n(Cc2ccccc2)c1=O. The number of nitrogens with zero attached hydrogens (tertiary/aromatic N) is 2. The smallest absolute Gasteiger partial charge is 0.272 e. The molecule has 0 saturated carbocycles. The Balaban J connectivity index is 1.61. The van der Waals surface area contributed by atoms with Gasteiger partial charge in [-0.15, -0.1) is 0 Å². The van der Waals surface area contributed by atoms with Crippen LogP contribution in [0.25, 0.3) is 11.0 Å². The molecule has 2 aromatic carbocycles. The Kier molecular flexibility index (Phi) is 5.48. The summed E-state index contributed by atoms with van der Waals surface area (Å²) in [4.78, 5) is 29.9. The van der Waals surface area contributed by atoms with E-state index in [1.165, 1.54) is 0 Å². The summed E-state index contributed by atoms with van der Waals surface area (Å²) in [5.74, 6) is 0.639. The Hall–Kier alpha value is -3.67. The van der Waals surface area contributed by atoms with Crippen LogP contribution in [0.2, 0.25) is 0 Å². The van der Waals surface area contributed by atoms with Crippen molar-refractivity contribution in [3.05, 3.63) is 99.9 Å². The minimum absolute atomic E-state index is 0.0823. The number of benzene rings is 2.